The number of sulfonamides is 1. The quantitative estimate of drug-likeness (QED) is 0.448. The van der Waals surface area contributed by atoms with Gasteiger partial charge in [0.2, 0.25) is 11.8 Å². The van der Waals surface area contributed by atoms with Crippen LogP contribution in [-0.4, -0.2) is 44.8 Å². The molecule has 0 spiro atoms. The monoisotopic (exact) mass is 511 g/mol. The van der Waals surface area contributed by atoms with E-state index in [9.17, 15) is 22.4 Å². The molecule has 0 saturated heterocycles. The molecule has 0 saturated carbocycles. The zero-order valence-corrected chi connectivity index (χ0v) is 21.3. The fourth-order valence-electron chi connectivity index (χ4n) is 3.91. The second kappa shape index (κ2) is 11.8. The number of nitrogens with one attached hydrogen (secondary N) is 1. The van der Waals surface area contributed by atoms with E-state index in [0.29, 0.717) is 6.42 Å². The summed E-state index contributed by atoms with van der Waals surface area (Å²) in [4.78, 5) is 27.9. The fourth-order valence-corrected chi connectivity index (χ4v) is 5.35. The number of likely N-dealkylation sites (N-methyl/N-ethyl adjacent to an activating group) is 1. The number of anilines is 1. The number of carbonyl (C=O) groups excluding carboxylic acids is 2. The van der Waals surface area contributed by atoms with E-state index in [0.717, 1.165) is 27.6 Å². The summed E-state index contributed by atoms with van der Waals surface area (Å²) >= 11 is 0. The molecule has 0 aliphatic carbocycles. The van der Waals surface area contributed by atoms with E-state index in [1.165, 1.54) is 36.2 Å². The Labute approximate surface area is 211 Å². The smallest absolute Gasteiger partial charge is 0.264 e. The molecule has 0 aliphatic rings. The molecule has 0 fully saturated rings. The zero-order chi connectivity index (χ0) is 26.3. The normalized spacial score (nSPS) is 12.0. The summed E-state index contributed by atoms with van der Waals surface area (Å²) < 4.78 is 41.8. The van der Waals surface area contributed by atoms with Crippen LogP contribution in [0.25, 0.3) is 0 Å². The molecule has 0 unspecified atom stereocenters. The lowest BCUT2D eigenvalue weighted by atomic mass is 10.1. The van der Waals surface area contributed by atoms with Crippen LogP contribution in [0.4, 0.5) is 10.1 Å². The second-order valence-corrected chi connectivity index (χ2v) is 10.1. The maximum absolute atomic E-state index is 13.8. The van der Waals surface area contributed by atoms with Gasteiger partial charge in [-0.05, 0) is 60.9 Å². The molecule has 36 heavy (non-hydrogen) atoms. The molecule has 2 amide bonds. The molecule has 3 rings (SSSR count). The molecule has 0 aromatic heterocycles. The van der Waals surface area contributed by atoms with Crippen LogP contribution in [0.2, 0.25) is 0 Å². The maximum Gasteiger partial charge on any atom is 0.264 e. The van der Waals surface area contributed by atoms with Crippen LogP contribution in [0, 0.1) is 12.7 Å². The Hall–Kier alpha value is -3.72. The van der Waals surface area contributed by atoms with Crippen LogP contribution in [0.5, 0.6) is 0 Å². The Bertz CT molecular complexity index is 1300. The molecule has 3 aromatic carbocycles. The highest BCUT2D eigenvalue weighted by Gasteiger charge is 2.33. The van der Waals surface area contributed by atoms with Crippen LogP contribution in [0.3, 0.4) is 0 Å². The van der Waals surface area contributed by atoms with Crippen LogP contribution in [-0.2, 0) is 26.2 Å². The van der Waals surface area contributed by atoms with Crippen molar-refractivity contribution in [2.24, 2.45) is 0 Å². The topological polar surface area (TPSA) is 86.8 Å². The SMILES string of the molecule is CC[C@@H](C(=O)NC)N(Cc1ccccc1C)C(=O)CN(c1ccc(F)cc1)S(=O)(=O)c1ccccc1. The minimum Gasteiger partial charge on any atom is -0.357 e. The van der Waals surface area contributed by atoms with E-state index in [1.807, 2.05) is 31.2 Å². The van der Waals surface area contributed by atoms with Crippen molar-refractivity contribution < 1.29 is 22.4 Å². The summed E-state index contributed by atoms with van der Waals surface area (Å²) in [5, 5.41) is 2.59. The first kappa shape index (κ1) is 26.9. The number of hydrogen-bond acceptors (Lipinski definition) is 4. The van der Waals surface area contributed by atoms with Crippen molar-refractivity contribution in [3.8, 4) is 0 Å². The molecular weight excluding hydrogens is 481 g/mol. The number of aryl methyl sites for hydroxylation is 1. The predicted octanol–water partition coefficient (Wildman–Crippen LogP) is 3.88. The van der Waals surface area contributed by atoms with Gasteiger partial charge < -0.3 is 10.2 Å². The number of nitrogens with zero attached hydrogens (tertiary/aromatic N) is 2. The number of amides is 2. The van der Waals surface area contributed by atoms with Gasteiger partial charge >= 0.3 is 0 Å². The Morgan fingerprint density at radius 2 is 1.56 bits per heavy atom. The number of rotatable bonds is 10. The summed E-state index contributed by atoms with van der Waals surface area (Å²) in [5.74, 6) is -1.44. The third-order valence-electron chi connectivity index (χ3n) is 5.96. The van der Waals surface area contributed by atoms with Gasteiger partial charge in [0.15, 0.2) is 0 Å². The largest absolute Gasteiger partial charge is 0.357 e. The highest BCUT2D eigenvalue weighted by molar-refractivity contribution is 7.92. The third-order valence-corrected chi connectivity index (χ3v) is 7.75. The zero-order valence-electron chi connectivity index (χ0n) is 20.5. The molecule has 0 heterocycles. The first-order chi connectivity index (χ1) is 17.2. The number of benzene rings is 3. The molecule has 0 radical (unpaired) electrons. The van der Waals surface area contributed by atoms with Crippen molar-refractivity contribution in [1.82, 2.24) is 10.2 Å². The molecule has 3 aromatic rings. The van der Waals surface area contributed by atoms with Crippen molar-refractivity contribution in [2.45, 2.75) is 37.8 Å². The standard InChI is InChI=1S/C27H30FN3O4S/c1-4-25(27(33)29-3)30(18-21-11-9-8-10-20(21)2)26(32)19-31(23-16-14-22(28)15-17-23)36(34,35)24-12-6-5-7-13-24/h5-17,25H,4,18-19H2,1-3H3,(H,29,33)/t25-/m0/s1. The summed E-state index contributed by atoms with van der Waals surface area (Å²) in [7, 11) is -2.68. The number of carbonyl (C=O) groups is 2. The predicted molar refractivity (Wildman–Crippen MR) is 137 cm³/mol. The van der Waals surface area contributed by atoms with E-state index >= 15 is 0 Å². The Kier molecular flexibility index (Phi) is 8.82. The Balaban J connectivity index is 2.05. The lowest BCUT2D eigenvalue weighted by molar-refractivity contribution is -0.140. The molecule has 0 bridgehead atoms. The van der Waals surface area contributed by atoms with Crippen molar-refractivity contribution in [2.75, 3.05) is 17.9 Å². The molecular formula is C27H30FN3O4S. The second-order valence-electron chi connectivity index (χ2n) is 8.29. The first-order valence-corrected chi connectivity index (χ1v) is 13.0. The molecule has 1 N–H and O–H groups in total. The molecule has 9 heteroatoms. The summed E-state index contributed by atoms with van der Waals surface area (Å²) in [6.07, 6.45) is 0.333. The van der Waals surface area contributed by atoms with Gasteiger partial charge in [-0.1, -0.05) is 49.4 Å². The molecule has 190 valence electrons. The van der Waals surface area contributed by atoms with Crippen LogP contribution >= 0.6 is 0 Å². The van der Waals surface area contributed by atoms with Crippen molar-refractivity contribution in [3.05, 3.63) is 95.8 Å². The van der Waals surface area contributed by atoms with Gasteiger partial charge in [0.25, 0.3) is 10.0 Å². The first-order valence-electron chi connectivity index (χ1n) is 11.6. The fraction of sp³-hybridized carbons (Fsp3) is 0.259. The average molecular weight is 512 g/mol. The minimum atomic E-state index is -4.17. The van der Waals surface area contributed by atoms with Crippen molar-refractivity contribution in [3.63, 3.8) is 0 Å². The molecule has 0 aliphatic heterocycles. The van der Waals surface area contributed by atoms with E-state index in [2.05, 4.69) is 5.32 Å². The number of halogens is 1. The Morgan fingerprint density at radius 1 is 0.944 bits per heavy atom. The van der Waals surface area contributed by atoms with Gasteiger partial charge in [-0.2, -0.15) is 0 Å². The van der Waals surface area contributed by atoms with Crippen LogP contribution < -0.4 is 9.62 Å². The number of hydrogen-bond donors (Lipinski definition) is 1. The lowest BCUT2D eigenvalue weighted by Crippen LogP contribution is -2.51. The van der Waals surface area contributed by atoms with E-state index in [1.54, 1.807) is 25.1 Å². The van der Waals surface area contributed by atoms with Crippen LogP contribution in [0.15, 0.2) is 83.8 Å². The van der Waals surface area contributed by atoms with Gasteiger partial charge in [-0.15, -0.1) is 0 Å². The average Bonchev–Trinajstić information content (AvgIpc) is 2.89. The van der Waals surface area contributed by atoms with Crippen molar-refractivity contribution in [1.29, 1.82) is 0 Å². The van der Waals surface area contributed by atoms with Crippen LogP contribution in [0.1, 0.15) is 24.5 Å². The molecule has 1 atom stereocenters. The lowest BCUT2D eigenvalue weighted by Gasteiger charge is -2.33. The minimum absolute atomic E-state index is 0.00841. The van der Waals surface area contributed by atoms with E-state index in [4.69, 9.17) is 0 Å². The van der Waals surface area contributed by atoms with Gasteiger partial charge in [-0.25, -0.2) is 12.8 Å². The van der Waals surface area contributed by atoms with Gasteiger partial charge in [0, 0.05) is 13.6 Å². The van der Waals surface area contributed by atoms with Gasteiger partial charge in [0.05, 0.1) is 10.6 Å². The highest BCUT2D eigenvalue weighted by atomic mass is 32.2. The third kappa shape index (κ3) is 6.09. The van der Waals surface area contributed by atoms with Gasteiger partial charge in [0.1, 0.15) is 18.4 Å². The van der Waals surface area contributed by atoms with Crippen molar-refractivity contribution >= 4 is 27.5 Å². The highest BCUT2D eigenvalue weighted by Crippen LogP contribution is 2.25. The van der Waals surface area contributed by atoms with E-state index in [-0.39, 0.29) is 23.0 Å². The summed E-state index contributed by atoms with van der Waals surface area (Å²) in [6, 6.07) is 19.3. The summed E-state index contributed by atoms with van der Waals surface area (Å²) in [6.45, 7) is 3.25. The van der Waals surface area contributed by atoms with Gasteiger partial charge in [-0.3, -0.25) is 13.9 Å². The maximum atomic E-state index is 13.8. The molecule has 7 nitrogen and oxygen atoms in total. The van der Waals surface area contributed by atoms with E-state index < -0.39 is 34.3 Å². The summed E-state index contributed by atoms with van der Waals surface area (Å²) in [5.41, 5.74) is 1.92. The Morgan fingerprint density at radius 3 is 2.14 bits per heavy atom.